The minimum absolute atomic E-state index is 0.0508. The summed E-state index contributed by atoms with van der Waals surface area (Å²) in [6, 6.07) is 10.9. The Bertz CT molecular complexity index is 1110. The van der Waals surface area contributed by atoms with Crippen molar-refractivity contribution in [2.75, 3.05) is 11.4 Å². The number of thioether (sulfide) groups is 1. The van der Waals surface area contributed by atoms with Crippen molar-refractivity contribution in [3.05, 3.63) is 68.3 Å². The second-order valence-electron chi connectivity index (χ2n) is 8.99. The molecule has 1 fully saturated rings. The van der Waals surface area contributed by atoms with Crippen LogP contribution in [0.15, 0.2) is 45.8 Å². The zero-order valence-corrected chi connectivity index (χ0v) is 21.0. The van der Waals surface area contributed by atoms with Gasteiger partial charge in [-0.15, -0.1) is 0 Å². The van der Waals surface area contributed by atoms with Crippen LogP contribution < -0.4 is 4.90 Å². The zero-order valence-electron chi connectivity index (χ0n) is 18.6. The number of carbonyl (C=O) groups excluding carboxylic acids is 2. The number of hydrogen-bond donors (Lipinski definition) is 0. The van der Waals surface area contributed by atoms with E-state index in [2.05, 4.69) is 48.5 Å². The van der Waals surface area contributed by atoms with Gasteiger partial charge in [-0.3, -0.25) is 14.5 Å². The molecule has 0 bridgehead atoms. The maximum atomic E-state index is 15.1. The van der Waals surface area contributed by atoms with Gasteiger partial charge in [0.05, 0.1) is 11.4 Å². The third-order valence-electron chi connectivity index (χ3n) is 6.23. The van der Waals surface area contributed by atoms with Crippen molar-refractivity contribution in [2.45, 2.75) is 52.1 Å². The maximum Gasteiger partial charge on any atom is 0.293 e. The summed E-state index contributed by atoms with van der Waals surface area (Å²) in [5.41, 5.74) is 3.14. The van der Waals surface area contributed by atoms with Crippen LogP contribution in [0.2, 0.25) is 0 Å². The molecule has 32 heavy (non-hydrogen) atoms. The van der Waals surface area contributed by atoms with Crippen LogP contribution in [-0.2, 0) is 11.3 Å². The van der Waals surface area contributed by atoms with Gasteiger partial charge in [0.15, 0.2) is 0 Å². The zero-order chi connectivity index (χ0) is 23.2. The third kappa shape index (κ3) is 4.25. The van der Waals surface area contributed by atoms with Gasteiger partial charge in [0, 0.05) is 27.8 Å². The van der Waals surface area contributed by atoms with Crippen LogP contribution in [0.4, 0.5) is 14.9 Å². The van der Waals surface area contributed by atoms with Gasteiger partial charge in [-0.2, -0.15) is 0 Å². The average Bonchev–Trinajstić information content (AvgIpc) is 2.98. The first-order valence-electron chi connectivity index (χ1n) is 10.7. The molecule has 4 nitrogen and oxygen atoms in total. The Hall–Kier alpha value is -2.12. The van der Waals surface area contributed by atoms with Crippen LogP contribution in [-0.4, -0.2) is 28.1 Å². The molecular weight excluding hydrogens is 491 g/mol. The van der Waals surface area contributed by atoms with E-state index in [1.165, 1.54) is 11.0 Å². The first-order valence-corrected chi connectivity index (χ1v) is 12.3. The molecule has 2 aliphatic rings. The molecule has 0 saturated carbocycles. The quantitative estimate of drug-likeness (QED) is 0.412. The lowest BCUT2D eigenvalue weighted by molar-refractivity contribution is -0.123. The fourth-order valence-electron chi connectivity index (χ4n) is 4.78. The van der Waals surface area contributed by atoms with Crippen molar-refractivity contribution in [1.82, 2.24) is 4.90 Å². The van der Waals surface area contributed by atoms with Gasteiger partial charge < -0.3 is 4.90 Å². The van der Waals surface area contributed by atoms with E-state index in [4.69, 9.17) is 0 Å². The monoisotopic (exact) mass is 516 g/mol. The number of anilines is 1. The summed E-state index contributed by atoms with van der Waals surface area (Å²) < 4.78 is 16.1. The first kappa shape index (κ1) is 23.1. The summed E-state index contributed by atoms with van der Waals surface area (Å²) in [6.07, 6.45) is 2.48. The fourth-order valence-corrected chi connectivity index (χ4v) is 5.87. The summed E-state index contributed by atoms with van der Waals surface area (Å²) in [5, 5.41) is -0.338. The van der Waals surface area contributed by atoms with Crippen molar-refractivity contribution in [3.63, 3.8) is 0 Å². The van der Waals surface area contributed by atoms with Crippen molar-refractivity contribution in [3.8, 4) is 0 Å². The highest BCUT2D eigenvalue weighted by Gasteiger charge is 2.37. The number of imide groups is 1. The Kier molecular flexibility index (Phi) is 6.25. The van der Waals surface area contributed by atoms with Crippen LogP contribution in [0, 0.1) is 5.82 Å². The van der Waals surface area contributed by atoms with Crippen LogP contribution >= 0.6 is 27.7 Å². The predicted octanol–water partition coefficient (Wildman–Crippen LogP) is 6.94. The summed E-state index contributed by atoms with van der Waals surface area (Å²) in [7, 11) is 0. The molecule has 2 heterocycles. The van der Waals surface area contributed by atoms with Gasteiger partial charge >= 0.3 is 0 Å². The van der Waals surface area contributed by atoms with Crippen LogP contribution in [0.25, 0.3) is 6.08 Å². The maximum absolute atomic E-state index is 15.1. The number of amides is 2. The summed E-state index contributed by atoms with van der Waals surface area (Å²) >= 11 is 4.24. The molecule has 0 aliphatic carbocycles. The number of rotatable bonds is 4. The SMILES string of the molecule is CCN1c2cc(F)c(/C=C3/SC(=O)N(Cc4ccc(Br)cc4)C3=O)cc2C(C)CC1(C)C. The Morgan fingerprint density at radius 3 is 2.56 bits per heavy atom. The molecule has 0 N–H and O–H groups in total. The van der Waals surface area contributed by atoms with E-state index in [9.17, 15) is 9.59 Å². The highest BCUT2D eigenvalue weighted by molar-refractivity contribution is 9.10. The highest BCUT2D eigenvalue weighted by atomic mass is 79.9. The predicted molar refractivity (Wildman–Crippen MR) is 132 cm³/mol. The lowest BCUT2D eigenvalue weighted by Gasteiger charge is -2.47. The third-order valence-corrected chi connectivity index (χ3v) is 7.67. The molecule has 1 saturated heterocycles. The molecule has 2 aliphatic heterocycles. The Morgan fingerprint density at radius 2 is 1.91 bits per heavy atom. The van der Waals surface area contributed by atoms with Gasteiger partial charge in [0.25, 0.3) is 11.1 Å². The number of halogens is 2. The molecule has 0 radical (unpaired) electrons. The number of nitrogens with zero attached hydrogens (tertiary/aromatic N) is 2. The second kappa shape index (κ2) is 8.67. The molecule has 168 valence electrons. The average molecular weight is 517 g/mol. The molecule has 7 heteroatoms. The van der Waals surface area contributed by atoms with Crippen LogP contribution in [0.3, 0.4) is 0 Å². The Morgan fingerprint density at radius 1 is 1.22 bits per heavy atom. The molecule has 1 atom stereocenters. The number of carbonyl (C=O) groups is 2. The normalized spacial score (nSPS) is 21.4. The summed E-state index contributed by atoms with van der Waals surface area (Å²) in [4.78, 5) is 29.1. The van der Waals surface area contributed by atoms with Gasteiger partial charge in [0.1, 0.15) is 5.82 Å². The molecule has 1 unspecified atom stereocenters. The van der Waals surface area contributed by atoms with Crippen molar-refractivity contribution in [2.24, 2.45) is 0 Å². The largest absolute Gasteiger partial charge is 0.366 e. The molecule has 2 aromatic carbocycles. The van der Waals surface area contributed by atoms with Crippen LogP contribution in [0.1, 0.15) is 56.7 Å². The highest BCUT2D eigenvalue weighted by Crippen LogP contribution is 2.44. The van der Waals surface area contributed by atoms with Gasteiger partial charge in [0.2, 0.25) is 0 Å². The summed E-state index contributed by atoms with van der Waals surface area (Å²) in [5.74, 6) is -0.501. The lowest BCUT2D eigenvalue weighted by Crippen LogP contribution is -2.48. The van der Waals surface area contributed by atoms with E-state index in [-0.39, 0.29) is 39.9 Å². The second-order valence-corrected chi connectivity index (χ2v) is 10.9. The van der Waals surface area contributed by atoms with Gasteiger partial charge in [-0.1, -0.05) is 35.0 Å². The van der Waals surface area contributed by atoms with E-state index < -0.39 is 0 Å². The van der Waals surface area contributed by atoms with Gasteiger partial charge in [-0.25, -0.2) is 4.39 Å². The number of benzene rings is 2. The topological polar surface area (TPSA) is 40.6 Å². The molecule has 0 spiro atoms. The van der Waals surface area contributed by atoms with E-state index in [0.717, 1.165) is 46.0 Å². The molecule has 0 aromatic heterocycles. The van der Waals surface area contributed by atoms with Crippen LogP contribution in [0.5, 0.6) is 0 Å². The molecule has 2 amide bonds. The Labute approximate surface area is 201 Å². The fraction of sp³-hybridized carbons (Fsp3) is 0.360. The smallest absolute Gasteiger partial charge is 0.293 e. The van der Waals surface area contributed by atoms with E-state index in [1.54, 1.807) is 6.07 Å². The molecule has 2 aromatic rings. The number of hydrogen-bond acceptors (Lipinski definition) is 4. The van der Waals surface area contributed by atoms with E-state index >= 15 is 4.39 Å². The van der Waals surface area contributed by atoms with E-state index in [0.29, 0.717) is 5.56 Å². The minimum Gasteiger partial charge on any atom is -0.366 e. The standard InChI is InChI=1S/C25H26BrFN2O2S/c1-5-29-21-12-20(27)17(10-19(21)15(2)13-25(29,3)4)11-22-23(30)28(24(31)32-22)14-16-6-8-18(26)9-7-16/h6-12,15H,5,13-14H2,1-4H3/b22-11+. The molecule has 4 rings (SSSR count). The van der Waals surface area contributed by atoms with E-state index in [1.807, 2.05) is 30.3 Å². The minimum atomic E-state index is -0.385. The Balaban J connectivity index is 1.64. The first-order chi connectivity index (χ1) is 15.1. The van der Waals surface area contributed by atoms with Gasteiger partial charge in [-0.05, 0) is 86.3 Å². The number of fused-ring (bicyclic) bond motifs is 1. The van der Waals surface area contributed by atoms with Crippen molar-refractivity contribution in [1.29, 1.82) is 0 Å². The van der Waals surface area contributed by atoms with Crippen molar-refractivity contribution >= 4 is 50.6 Å². The summed E-state index contributed by atoms with van der Waals surface area (Å²) in [6.45, 7) is 9.59. The van der Waals surface area contributed by atoms with Crippen molar-refractivity contribution < 1.29 is 14.0 Å². The molecular formula is C25H26BrFN2O2S. The lowest BCUT2D eigenvalue weighted by atomic mass is 9.79.